The van der Waals surface area contributed by atoms with Gasteiger partial charge in [-0.1, -0.05) is 31.2 Å². The van der Waals surface area contributed by atoms with E-state index in [0.717, 1.165) is 12.0 Å². The minimum atomic E-state index is -0.749. The fourth-order valence-corrected chi connectivity index (χ4v) is 1.45. The van der Waals surface area contributed by atoms with Gasteiger partial charge >= 0.3 is 5.97 Å². The van der Waals surface area contributed by atoms with E-state index in [1.807, 2.05) is 24.3 Å². The second-order valence-electron chi connectivity index (χ2n) is 3.80. The van der Waals surface area contributed by atoms with Gasteiger partial charge in [0.05, 0.1) is 5.92 Å². The molecule has 3 nitrogen and oxygen atoms in total. The number of hydrogen-bond acceptors (Lipinski definition) is 2. The fraction of sp³-hybridized carbons (Fsp3) is 0.417. The van der Waals surface area contributed by atoms with E-state index in [1.54, 1.807) is 6.92 Å². The molecule has 1 aromatic carbocycles. The van der Waals surface area contributed by atoms with E-state index in [4.69, 9.17) is 10.8 Å². The lowest BCUT2D eigenvalue weighted by Gasteiger charge is -2.06. The van der Waals surface area contributed by atoms with Gasteiger partial charge < -0.3 is 10.8 Å². The number of rotatable bonds is 5. The maximum absolute atomic E-state index is 10.7. The fourth-order valence-electron chi connectivity index (χ4n) is 1.45. The Kier molecular flexibility index (Phi) is 6.77. The molecule has 0 saturated heterocycles. The number of carbonyl (C=O) groups is 1. The molecule has 1 atom stereocenters. The maximum Gasteiger partial charge on any atom is 0.306 e. The van der Waals surface area contributed by atoms with Gasteiger partial charge in [-0.05, 0) is 30.5 Å². The predicted octanol–water partition coefficient (Wildman–Crippen LogP) is 1.87. The lowest BCUT2D eigenvalue weighted by Crippen LogP contribution is -2.12. The molecule has 0 spiro atoms. The van der Waals surface area contributed by atoms with Gasteiger partial charge in [-0.3, -0.25) is 4.79 Å². The lowest BCUT2D eigenvalue weighted by molar-refractivity contribution is -0.141. The molecule has 0 heterocycles. The van der Waals surface area contributed by atoms with Crippen molar-refractivity contribution in [1.82, 2.24) is 0 Å². The molecule has 0 aromatic heterocycles. The standard InChI is InChI=1S/C12H17NO2.ClH/c1-9(12(14)15)8-11-4-2-10(3-5-11)6-7-13;/h2-5,9H,6-8,13H2,1H3,(H,14,15);1H. The van der Waals surface area contributed by atoms with Crippen molar-refractivity contribution in [3.63, 3.8) is 0 Å². The zero-order chi connectivity index (χ0) is 11.3. The summed E-state index contributed by atoms with van der Waals surface area (Å²) >= 11 is 0. The normalized spacial score (nSPS) is 11.6. The summed E-state index contributed by atoms with van der Waals surface area (Å²) in [5.41, 5.74) is 7.70. The van der Waals surface area contributed by atoms with Crippen molar-refractivity contribution in [3.05, 3.63) is 35.4 Å². The number of aliphatic carboxylic acids is 1. The van der Waals surface area contributed by atoms with E-state index in [-0.39, 0.29) is 18.3 Å². The van der Waals surface area contributed by atoms with Gasteiger partial charge in [0.25, 0.3) is 0 Å². The van der Waals surface area contributed by atoms with E-state index in [0.29, 0.717) is 13.0 Å². The number of benzene rings is 1. The van der Waals surface area contributed by atoms with Crippen LogP contribution < -0.4 is 5.73 Å². The number of carboxylic acid groups (broad SMARTS) is 1. The molecule has 0 bridgehead atoms. The average molecular weight is 244 g/mol. The number of halogens is 1. The first kappa shape index (κ1) is 14.9. The van der Waals surface area contributed by atoms with Crippen molar-refractivity contribution in [2.24, 2.45) is 11.7 Å². The number of carboxylic acids is 1. The molecule has 0 radical (unpaired) electrons. The van der Waals surface area contributed by atoms with Gasteiger partial charge in [0.2, 0.25) is 0 Å². The van der Waals surface area contributed by atoms with Crippen LogP contribution in [0.15, 0.2) is 24.3 Å². The van der Waals surface area contributed by atoms with Crippen molar-refractivity contribution in [1.29, 1.82) is 0 Å². The van der Waals surface area contributed by atoms with Gasteiger partial charge in [-0.15, -0.1) is 12.4 Å². The van der Waals surface area contributed by atoms with Gasteiger partial charge in [0.15, 0.2) is 0 Å². The number of nitrogens with two attached hydrogens (primary N) is 1. The van der Waals surface area contributed by atoms with Crippen LogP contribution in [0.1, 0.15) is 18.1 Å². The summed E-state index contributed by atoms with van der Waals surface area (Å²) in [5.74, 6) is -1.08. The van der Waals surface area contributed by atoms with Gasteiger partial charge in [-0.2, -0.15) is 0 Å². The third-order valence-electron chi connectivity index (χ3n) is 2.42. The quantitative estimate of drug-likeness (QED) is 0.830. The molecule has 0 aliphatic rings. The molecule has 0 saturated carbocycles. The molecule has 0 fully saturated rings. The molecule has 1 rings (SSSR count). The van der Waals surface area contributed by atoms with Crippen LogP contribution >= 0.6 is 12.4 Å². The molecule has 1 unspecified atom stereocenters. The van der Waals surface area contributed by atoms with Crippen LogP contribution in [0.2, 0.25) is 0 Å². The highest BCUT2D eigenvalue weighted by atomic mass is 35.5. The van der Waals surface area contributed by atoms with Crippen LogP contribution in [0.5, 0.6) is 0 Å². The van der Waals surface area contributed by atoms with Crippen LogP contribution in [0.25, 0.3) is 0 Å². The zero-order valence-corrected chi connectivity index (χ0v) is 10.2. The molecule has 16 heavy (non-hydrogen) atoms. The van der Waals surface area contributed by atoms with Gasteiger partial charge in [0.1, 0.15) is 0 Å². The Bertz CT molecular complexity index is 324. The Labute approximate surface area is 102 Å². The molecule has 0 aliphatic heterocycles. The summed E-state index contributed by atoms with van der Waals surface area (Å²) < 4.78 is 0. The summed E-state index contributed by atoms with van der Waals surface area (Å²) in [4.78, 5) is 10.7. The first-order valence-corrected chi connectivity index (χ1v) is 5.14. The Hall–Kier alpha value is -1.06. The molecule has 3 N–H and O–H groups in total. The van der Waals surface area contributed by atoms with E-state index in [1.165, 1.54) is 5.56 Å². The third-order valence-corrected chi connectivity index (χ3v) is 2.42. The topological polar surface area (TPSA) is 63.3 Å². The van der Waals surface area contributed by atoms with Crippen molar-refractivity contribution in [3.8, 4) is 0 Å². The first-order chi connectivity index (χ1) is 7.13. The van der Waals surface area contributed by atoms with Crippen LogP contribution in [0.3, 0.4) is 0 Å². The highest BCUT2D eigenvalue weighted by Crippen LogP contribution is 2.10. The predicted molar refractivity (Wildman–Crippen MR) is 67.0 cm³/mol. The molecule has 0 amide bonds. The Balaban J connectivity index is 0.00000225. The summed E-state index contributed by atoms with van der Waals surface area (Å²) in [6, 6.07) is 7.97. The first-order valence-electron chi connectivity index (χ1n) is 5.14. The average Bonchev–Trinajstić information content (AvgIpc) is 2.21. The molecular formula is C12H18ClNO2. The third kappa shape index (κ3) is 4.64. The Morgan fingerprint density at radius 2 is 1.81 bits per heavy atom. The molecule has 90 valence electrons. The van der Waals surface area contributed by atoms with E-state index in [2.05, 4.69) is 0 Å². The molecule has 0 aliphatic carbocycles. The monoisotopic (exact) mass is 243 g/mol. The summed E-state index contributed by atoms with van der Waals surface area (Å²) in [7, 11) is 0. The van der Waals surface area contributed by atoms with Crippen LogP contribution in [-0.2, 0) is 17.6 Å². The summed E-state index contributed by atoms with van der Waals surface area (Å²) in [5, 5.41) is 8.77. The van der Waals surface area contributed by atoms with Crippen molar-refractivity contribution < 1.29 is 9.90 Å². The second-order valence-corrected chi connectivity index (χ2v) is 3.80. The smallest absolute Gasteiger partial charge is 0.306 e. The SMILES string of the molecule is CC(Cc1ccc(CCN)cc1)C(=O)O.Cl. The van der Waals surface area contributed by atoms with Gasteiger partial charge in [0, 0.05) is 0 Å². The second kappa shape index (κ2) is 7.25. The minimum absolute atomic E-state index is 0. The maximum atomic E-state index is 10.7. The Morgan fingerprint density at radius 3 is 2.25 bits per heavy atom. The zero-order valence-electron chi connectivity index (χ0n) is 9.35. The summed E-state index contributed by atoms with van der Waals surface area (Å²) in [6.45, 7) is 2.36. The van der Waals surface area contributed by atoms with E-state index in [9.17, 15) is 4.79 Å². The van der Waals surface area contributed by atoms with E-state index >= 15 is 0 Å². The van der Waals surface area contributed by atoms with Crippen molar-refractivity contribution in [2.45, 2.75) is 19.8 Å². The minimum Gasteiger partial charge on any atom is -0.481 e. The largest absolute Gasteiger partial charge is 0.481 e. The highest BCUT2D eigenvalue weighted by molar-refractivity contribution is 5.85. The Morgan fingerprint density at radius 1 is 1.31 bits per heavy atom. The van der Waals surface area contributed by atoms with Crippen LogP contribution in [0.4, 0.5) is 0 Å². The highest BCUT2D eigenvalue weighted by Gasteiger charge is 2.10. The van der Waals surface area contributed by atoms with Crippen molar-refractivity contribution in [2.75, 3.05) is 6.54 Å². The van der Waals surface area contributed by atoms with Gasteiger partial charge in [-0.25, -0.2) is 0 Å². The molecule has 4 heteroatoms. The van der Waals surface area contributed by atoms with Crippen LogP contribution in [0, 0.1) is 5.92 Å². The summed E-state index contributed by atoms with van der Waals surface area (Å²) in [6.07, 6.45) is 1.45. The number of hydrogen-bond donors (Lipinski definition) is 2. The van der Waals surface area contributed by atoms with Crippen LogP contribution in [-0.4, -0.2) is 17.6 Å². The van der Waals surface area contributed by atoms with E-state index < -0.39 is 5.97 Å². The molecule has 1 aromatic rings. The lowest BCUT2D eigenvalue weighted by atomic mass is 10.00. The van der Waals surface area contributed by atoms with Crippen molar-refractivity contribution >= 4 is 18.4 Å². The molecular weight excluding hydrogens is 226 g/mol.